The number of anilines is 1. The van der Waals surface area contributed by atoms with Gasteiger partial charge in [-0.1, -0.05) is 30.6 Å². The second-order valence-electron chi connectivity index (χ2n) is 5.24. The number of thiazole rings is 1. The van der Waals surface area contributed by atoms with E-state index >= 15 is 0 Å². The highest BCUT2D eigenvalue weighted by molar-refractivity contribution is 7.17. The van der Waals surface area contributed by atoms with Crippen LogP contribution in [-0.4, -0.2) is 23.5 Å². The van der Waals surface area contributed by atoms with Gasteiger partial charge in [0.25, 0.3) is 0 Å². The summed E-state index contributed by atoms with van der Waals surface area (Å²) in [7, 11) is 0. The molecule has 1 fully saturated rings. The fourth-order valence-corrected chi connectivity index (χ4v) is 3.36. The molecule has 0 atom stereocenters. The number of esters is 1. The molecule has 1 aromatic heterocycles. The van der Waals surface area contributed by atoms with Crippen molar-refractivity contribution in [3.8, 4) is 0 Å². The topological polar surface area (TPSA) is 68.3 Å². The van der Waals surface area contributed by atoms with E-state index in [4.69, 9.17) is 0 Å². The summed E-state index contributed by atoms with van der Waals surface area (Å²) in [6.45, 7) is 1.45. The monoisotopic (exact) mass is 350 g/mol. The van der Waals surface area contributed by atoms with Crippen molar-refractivity contribution in [2.24, 2.45) is 5.92 Å². The van der Waals surface area contributed by atoms with E-state index in [1.807, 2.05) is 0 Å². The lowest BCUT2D eigenvalue weighted by Crippen LogP contribution is -2.24. The minimum absolute atomic E-state index is 0.0439. The highest BCUT2D eigenvalue weighted by Gasteiger charge is 2.40. The Morgan fingerprint density at radius 3 is 2.52 bits per heavy atom. The number of alkyl halides is 3. The Hall–Kier alpha value is -1.64. The van der Waals surface area contributed by atoms with E-state index in [1.165, 1.54) is 6.92 Å². The van der Waals surface area contributed by atoms with Gasteiger partial charge in [0.15, 0.2) is 10.8 Å². The molecule has 0 aromatic carbocycles. The summed E-state index contributed by atoms with van der Waals surface area (Å²) in [5, 5.41) is 2.18. The van der Waals surface area contributed by atoms with Crippen LogP contribution in [0.25, 0.3) is 0 Å². The zero-order chi connectivity index (χ0) is 17.0. The molecule has 128 valence electrons. The average Bonchev–Trinajstić information content (AvgIpc) is 2.92. The van der Waals surface area contributed by atoms with Gasteiger partial charge >= 0.3 is 12.1 Å². The van der Waals surface area contributed by atoms with Crippen LogP contribution in [0.5, 0.6) is 0 Å². The van der Waals surface area contributed by atoms with Gasteiger partial charge < -0.3 is 10.1 Å². The number of carbonyl (C=O) groups is 2. The Balaban J connectivity index is 2.19. The standard InChI is InChI=1S/C14H17F3N2O3S/c1-2-22-12(21)9-10(14(15,16)17)18-13(23-9)19-11(20)8-6-4-3-5-7-8/h8H,2-7H2,1H3,(H,18,19,20). The molecule has 0 aliphatic heterocycles. The Bertz CT molecular complexity index is 580. The van der Waals surface area contributed by atoms with Crippen molar-refractivity contribution in [1.82, 2.24) is 4.98 Å². The molecular formula is C14H17F3N2O3S. The van der Waals surface area contributed by atoms with E-state index in [2.05, 4.69) is 15.0 Å². The number of hydrogen-bond acceptors (Lipinski definition) is 5. The zero-order valence-corrected chi connectivity index (χ0v) is 13.4. The van der Waals surface area contributed by atoms with Crippen molar-refractivity contribution in [2.45, 2.75) is 45.2 Å². The molecule has 23 heavy (non-hydrogen) atoms. The van der Waals surface area contributed by atoms with Crippen LogP contribution in [0.4, 0.5) is 18.3 Å². The molecule has 1 heterocycles. The molecule has 0 bridgehead atoms. The third-order valence-electron chi connectivity index (χ3n) is 3.56. The van der Waals surface area contributed by atoms with Crippen molar-refractivity contribution in [3.63, 3.8) is 0 Å². The van der Waals surface area contributed by atoms with Crippen molar-refractivity contribution in [2.75, 3.05) is 11.9 Å². The van der Waals surface area contributed by atoms with Crippen LogP contribution < -0.4 is 5.32 Å². The summed E-state index contributed by atoms with van der Waals surface area (Å²) < 4.78 is 43.6. The van der Waals surface area contributed by atoms with Crippen LogP contribution >= 0.6 is 11.3 Å². The van der Waals surface area contributed by atoms with Gasteiger partial charge in [-0.3, -0.25) is 4.79 Å². The number of nitrogens with zero attached hydrogens (tertiary/aromatic N) is 1. The first-order valence-corrected chi connectivity index (χ1v) is 8.20. The highest BCUT2D eigenvalue weighted by atomic mass is 32.1. The number of carbonyl (C=O) groups excluding carboxylic acids is 2. The molecule has 0 saturated heterocycles. The van der Waals surface area contributed by atoms with Crippen LogP contribution in [0.2, 0.25) is 0 Å². The molecule has 9 heteroatoms. The second kappa shape index (κ2) is 7.29. The van der Waals surface area contributed by atoms with Gasteiger partial charge in [-0.2, -0.15) is 13.2 Å². The van der Waals surface area contributed by atoms with Gasteiger partial charge in [0.05, 0.1) is 6.61 Å². The summed E-state index contributed by atoms with van der Waals surface area (Å²) in [6, 6.07) is 0. The van der Waals surface area contributed by atoms with Crippen LogP contribution in [0.3, 0.4) is 0 Å². The molecule has 5 nitrogen and oxygen atoms in total. The summed E-state index contributed by atoms with van der Waals surface area (Å²) >= 11 is 0.489. The van der Waals surface area contributed by atoms with Crippen molar-refractivity contribution >= 4 is 28.3 Å². The van der Waals surface area contributed by atoms with Gasteiger partial charge in [-0.25, -0.2) is 9.78 Å². The molecule has 0 radical (unpaired) electrons. The molecule has 0 unspecified atom stereocenters. The molecule has 1 saturated carbocycles. The van der Waals surface area contributed by atoms with Crippen molar-refractivity contribution in [1.29, 1.82) is 0 Å². The maximum atomic E-state index is 13.0. The Kier molecular flexibility index (Phi) is 5.61. The maximum Gasteiger partial charge on any atom is 0.435 e. The lowest BCUT2D eigenvalue weighted by molar-refractivity contribution is -0.141. The van der Waals surface area contributed by atoms with E-state index in [1.54, 1.807) is 0 Å². The zero-order valence-electron chi connectivity index (χ0n) is 12.5. The highest BCUT2D eigenvalue weighted by Crippen LogP contribution is 2.37. The fraction of sp³-hybridized carbons (Fsp3) is 0.643. The van der Waals surface area contributed by atoms with E-state index in [0.29, 0.717) is 24.2 Å². The van der Waals surface area contributed by atoms with Gasteiger partial charge in [0.2, 0.25) is 5.91 Å². The second-order valence-corrected chi connectivity index (χ2v) is 6.24. The molecule has 1 aliphatic carbocycles. The number of amides is 1. The number of nitrogens with one attached hydrogen (secondary N) is 1. The SMILES string of the molecule is CCOC(=O)c1sc(NC(=O)C2CCCCC2)nc1C(F)(F)F. The first-order chi connectivity index (χ1) is 10.8. The molecule has 1 N–H and O–H groups in total. The van der Waals surface area contributed by atoms with Gasteiger partial charge in [-0.15, -0.1) is 0 Å². The number of ether oxygens (including phenoxy) is 1. The van der Waals surface area contributed by atoms with Crippen molar-refractivity contribution in [3.05, 3.63) is 10.6 Å². The van der Waals surface area contributed by atoms with Crippen molar-refractivity contribution < 1.29 is 27.5 Å². The molecule has 2 rings (SSSR count). The average molecular weight is 350 g/mol. The number of rotatable bonds is 4. The smallest absolute Gasteiger partial charge is 0.435 e. The number of halogens is 3. The summed E-state index contributed by atoms with van der Waals surface area (Å²) in [5.41, 5.74) is -1.32. The van der Waals surface area contributed by atoms with E-state index in [-0.39, 0.29) is 23.6 Å². The lowest BCUT2D eigenvalue weighted by atomic mass is 9.89. The molecule has 0 spiro atoms. The normalized spacial score (nSPS) is 16.2. The van der Waals surface area contributed by atoms with Gasteiger partial charge in [-0.05, 0) is 19.8 Å². The van der Waals surface area contributed by atoms with Crippen LogP contribution in [0, 0.1) is 5.92 Å². The minimum Gasteiger partial charge on any atom is -0.462 e. The van der Waals surface area contributed by atoms with E-state index < -0.39 is 22.7 Å². The predicted molar refractivity (Wildman–Crippen MR) is 78.3 cm³/mol. The molecular weight excluding hydrogens is 333 g/mol. The third kappa shape index (κ3) is 4.43. The Morgan fingerprint density at radius 1 is 1.30 bits per heavy atom. The number of aromatic nitrogens is 1. The first-order valence-electron chi connectivity index (χ1n) is 7.39. The van der Waals surface area contributed by atoms with Crippen LogP contribution in [-0.2, 0) is 15.7 Å². The van der Waals surface area contributed by atoms with E-state index in [9.17, 15) is 22.8 Å². The molecule has 1 aromatic rings. The summed E-state index contributed by atoms with van der Waals surface area (Å²) in [5.74, 6) is -1.65. The maximum absolute atomic E-state index is 13.0. The largest absolute Gasteiger partial charge is 0.462 e. The predicted octanol–water partition coefficient (Wildman–Crippen LogP) is 3.86. The first kappa shape index (κ1) is 17.7. The van der Waals surface area contributed by atoms with Gasteiger partial charge in [0, 0.05) is 5.92 Å². The van der Waals surface area contributed by atoms with Crippen LogP contribution in [0.1, 0.15) is 54.4 Å². The summed E-state index contributed by atoms with van der Waals surface area (Å²) in [6.07, 6.45) is -0.434. The van der Waals surface area contributed by atoms with E-state index in [0.717, 1.165) is 19.3 Å². The fourth-order valence-electron chi connectivity index (χ4n) is 2.47. The van der Waals surface area contributed by atoms with Gasteiger partial charge in [0.1, 0.15) is 4.88 Å². The molecule has 1 amide bonds. The number of hydrogen-bond donors (Lipinski definition) is 1. The Labute approximate surface area is 135 Å². The summed E-state index contributed by atoms with van der Waals surface area (Å²) in [4.78, 5) is 26.5. The minimum atomic E-state index is -4.79. The molecule has 1 aliphatic rings. The third-order valence-corrected chi connectivity index (χ3v) is 4.51. The Morgan fingerprint density at radius 2 is 1.96 bits per heavy atom. The lowest BCUT2D eigenvalue weighted by Gasteiger charge is -2.19. The van der Waals surface area contributed by atoms with Crippen LogP contribution in [0.15, 0.2) is 0 Å². The quantitative estimate of drug-likeness (QED) is 0.838.